The molecule has 1 aliphatic heterocycles. The van der Waals surface area contributed by atoms with Gasteiger partial charge in [-0.3, -0.25) is 10.00 Å². The largest absolute Gasteiger partial charge is 0.335 e. The number of aromatic amines is 2. The molecule has 38 heavy (non-hydrogen) atoms. The molecule has 0 unspecified atom stereocenters. The molecule has 0 spiro atoms. The number of hydrogen-bond donors (Lipinski definition) is 2. The van der Waals surface area contributed by atoms with Crippen molar-refractivity contribution in [3.63, 3.8) is 0 Å². The number of imidazole rings is 1. The Morgan fingerprint density at radius 1 is 1.24 bits per heavy atom. The summed E-state index contributed by atoms with van der Waals surface area (Å²) in [5.74, 6) is -2.05. The van der Waals surface area contributed by atoms with E-state index in [2.05, 4.69) is 38.2 Å². The smallest absolute Gasteiger partial charge is 0.261 e. The summed E-state index contributed by atoms with van der Waals surface area (Å²) in [7, 11) is 0. The van der Waals surface area contributed by atoms with Crippen LogP contribution in [0.15, 0.2) is 71.6 Å². The van der Waals surface area contributed by atoms with Crippen molar-refractivity contribution in [1.29, 1.82) is 0 Å². The predicted molar refractivity (Wildman–Crippen MR) is 148 cm³/mol. The van der Waals surface area contributed by atoms with Crippen LogP contribution in [0.4, 0.5) is 8.78 Å². The predicted octanol–water partition coefficient (Wildman–Crippen LogP) is 6.48. The van der Waals surface area contributed by atoms with Gasteiger partial charge in [0, 0.05) is 31.3 Å². The van der Waals surface area contributed by atoms with Gasteiger partial charge in [0.05, 0.1) is 23.3 Å². The van der Waals surface area contributed by atoms with Crippen LogP contribution in [0.5, 0.6) is 0 Å². The van der Waals surface area contributed by atoms with Crippen LogP contribution < -0.4 is 0 Å². The van der Waals surface area contributed by atoms with Crippen molar-refractivity contribution in [3.8, 4) is 22.6 Å². The van der Waals surface area contributed by atoms with E-state index in [1.165, 1.54) is 0 Å². The minimum atomic E-state index is -2.63. The van der Waals surface area contributed by atoms with Crippen molar-refractivity contribution >= 4 is 39.1 Å². The molecule has 5 aromatic heterocycles. The molecule has 0 aliphatic carbocycles. The SMILES string of the molecule is C=C/C(=C\C(=C/C)c1ccc2[nH]nc(-c3nc4nccc(-c5ccsc5)c4[nH]3)c2n1)CN1CCC(F)(F)C1. The summed E-state index contributed by atoms with van der Waals surface area (Å²) < 4.78 is 27.3. The maximum Gasteiger partial charge on any atom is 0.261 e. The number of hydrogen-bond acceptors (Lipinski definition) is 6. The molecule has 0 bridgehead atoms. The zero-order chi connectivity index (χ0) is 26.3. The number of allylic oxidation sites excluding steroid dienone is 3. The summed E-state index contributed by atoms with van der Waals surface area (Å²) in [4.78, 5) is 19.2. The number of thiophene rings is 1. The fourth-order valence-electron chi connectivity index (χ4n) is 4.78. The van der Waals surface area contributed by atoms with Gasteiger partial charge < -0.3 is 4.98 Å². The van der Waals surface area contributed by atoms with Crippen LogP contribution in [0.25, 0.3) is 50.4 Å². The molecule has 1 fully saturated rings. The zero-order valence-corrected chi connectivity index (χ0v) is 21.5. The Bertz CT molecular complexity index is 1690. The van der Waals surface area contributed by atoms with Crippen LogP contribution in [-0.2, 0) is 0 Å². The van der Waals surface area contributed by atoms with E-state index in [1.807, 2.05) is 42.7 Å². The lowest BCUT2D eigenvalue weighted by Crippen LogP contribution is -2.26. The molecule has 0 amide bonds. The van der Waals surface area contributed by atoms with Crippen LogP contribution >= 0.6 is 11.3 Å². The van der Waals surface area contributed by atoms with Crippen molar-refractivity contribution in [2.24, 2.45) is 0 Å². The Morgan fingerprint density at radius 2 is 2.13 bits per heavy atom. The summed E-state index contributed by atoms with van der Waals surface area (Å²) in [5, 5.41) is 11.7. The van der Waals surface area contributed by atoms with E-state index in [0.717, 1.165) is 39.0 Å². The van der Waals surface area contributed by atoms with Gasteiger partial charge in [0.25, 0.3) is 5.92 Å². The molecule has 6 heterocycles. The molecule has 0 aromatic carbocycles. The number of alkyl halides is 2. The van der Waals surface area contributed by atoms with Gasteiger partial charge in [-0.2, -0.15) is 16.4 Å². The lowest BCUT2D eigenvalue weighted by Gasteiger charge is -2.16. The van der Waals surface area contributed by atoms with Gasteiger partial charge >= 0.3 is 0 Å². The van der Waals surface area contributed by atoms with Crippen molar-refractivity contribution in [2.75, 3.05) is 19.6 Å². The minimum absolute atomic E-state index is 0.110. The van der Waals surface area contributed by atoms with Gasteiger partial charge in [0.1, 0.15) is 5.52 Å². The average molecular weight is 530 g/mol. The highest BCUT2D eigenvalue weighted by molar-refractivity contribution is 7.08. The Labute approximate surface area is 221 Å². The highest BCUT2D eigenvalue weighted by Gasteiger charge is 2.37. The van der Waals surface area contributed by atoms with E-state index in [-0.39, 0.29) is 13.0 Å². The first-order chi connectivity index (χ1) is 18.4. The molecule has 2 N–H and O–H groups in total. The lowest BCUT2D eigenvalue weighted by molar-refractivity contribution is 0.0131. The fraction of sp³-hybridized carbons (Fsp3) is 0.214. The standard InChI is InChI=1S/C28H25F2N7S/c1-3-17(14-37-11-9-28(29,30)16-37)13-18(4-2)21-5-6-22-24(32-21)25(36-35-22)27-33-23-20(19-8-12-38-15-19)7-10-31-26(23)34-27/h3-8,10,12-13,15H,1,9,11,14,16H2,2H3,(H,35,36)(H,31,33,34)/b17-13+,18-4+. The molecule has 5 aromatic rings. The summed E-state index contributed by atoms with van der Waals surface area (Å²) in [6, 6.07) is 7.88. The van der Waals surface area contributed by atoms with Gasteiger partial charge in [0.2, 0.25) is 0 Å². The third-order valence-corrected chi connectivity index (χ3v) is 7.40. The van der Waals surface area contributed by atoms with Gasteiger partial charge in [0.15, 0.2) is 17.2 Å². The Hall–Kier alpha value is -4.02. The molecular formula is C28H25F2N7S. The van der Waals surface area contributed by atoms with E-state index in [1.54, 1.807) is 28.5 Å². The van der Waals surface area contributed by atoms with Crippen molar-refractivity contribution < 1.29 is 8.78 Å². The van der Waals surface area contributed by atoms with Crippen LogP contribution in [0.3, 0.4) is 0 Å². The number of pyridine rings is 2. The summed E-state index contributed by atoms with van der Waals surface area (Å²) in [6.07, 6.45) is 7.27. The third kappa shape index (κ3) is 4.57. The molecule has 10 heteroatoms. The quantitative estimate of drug-likeness (QED) is 0.236. The first-order valence-corrected chi connectivity index (χ1v) is 13.2. The second-order valence-electron chi connectivity index (χ2n) is 9.30. The molecule has 1 aliphatic rings. The van der Waals surface area contributed by atoms with Gasteiger partial charge in [-0.15, -0.1) is 0 Å². The number of rotatable bonds is 7. The van der Waals surface area contributed by atoms with Crippen LogP contribution in [0, 0.1) is 0 Å². The molecule has 0 atom stereocenters. The first-order valence-electron chi connectivity index (χ1n) is 12.3. The van der Waals surface area contributed by atoms with Crippen LogP contribution in [0.1, 0.15) is 19.0 Å². The molecule has 6 rings (SSSR count). The zero-order valence-electron chi connectivity index (χ0n) is 20.7. The number of H-pyrrole nitrogens is 2. The summed E-state index contributed by atoms with van der Waals surface area (Å²) in [6.45, 7) is 6.37. The van der Waals surface area contributed by atoms with Gasteiger partial charge in [-0.25, -0.2) is 23.7 Å². The number of halogens is 2. The van der Waals surface area contributed by atoms with Crippen molar-refractivity contribution in [3.05, 3.63) is 77.3 Å². The molecule has 0 saturated carbocycles. The highest BCUT2D eigenvalue weighted by Crippen LogP contribution is 2.32. The normalized spacial score (nSPS) is 16.6. The molecular weight excluding hydrogens is 504 g/mol. The van der Waals surface area contributed by atoms with Crippen molar-refractivity contribution in [2.45, 2.75) is 19.3 Å². The topological polar surface area (TPSA) is 86.4 Å². The van der Waals surface area contributed by atoms with Gasteiger partial charge in [-0.05, 0) is 64.7 Å². The van der Waals surface area contributed by atoms with E-state index in [0.29, 0.717) is 35.8 Å². The number of nitrogens with one attached hydrogen (secondary N) is 2. The van der Waals surface area contributed by atoms with Crippen LogP contribution in [0.2, 0.25) is 0 Å². The average Bonchev–Trinajstić information content (AvgIpc) is 3.71. The fourth-order valence-corrected chi connectivity index (χ4v) is 5.44. The summed E-state index contributed by atoms with van der Waals surface area (Å²) in [5.41, 5.74) is 8.08. The second kappa shape index (κ2) is 9.70. The van der Waals surface area contributed by atoms with E-state index < -0.39 is 5.92 Å². The molecule has 0 radical (unpaired) electrons. The maximum absolute atomic E-state index is 13.7. The number of nitrogens with zero attached hydrogens (tertiary/aromatic N) is 5. The van der Waals surface area contributed by atoms with E-state index in [9.17, 15) is 8.78 Å². The van der Waals surface area contributed by atoms with Crippen LogP contribution in [-0.4, -0.2) is 60.6 Å². The molecule has 7 nitrogen and oxygen atoms in total. The Balaban J connectivity index is 1.35. The first kappa shape index (κ1) is 24.3. The molecule has 1 saturated heterocycles. The third-order valence-electron chi connectivity index (χ3n) is 6.72. The Kier molecular flexibility index (Phi) is 6.21. The lowest BCUT2D eigenvalue weighted by atomic mass is 10.1. The Morgan fingerprint density at radius 3 is 2.87 bits per heavy atom. The van der Waals surface area contributed by atoms with Crippen molar-refractivity contribution in [1.82, 2.24) is 35.0 Å². The second-order valence-corrected chi connectivity index (χ2v) is 10.1. The minimum Gasteiger partial charge on any atom is -0.335 e. The summed E-state index contributed by atoms with van der Waals surface area (Å²) >= 11 is 1.64. The maximum atomic E-state index is 13.7. The monoisotopic (exact) mass is 529 g/mol. The van der Waals surface area contributed by atoms with Gasteiger partial charge in [-0.1, -0.05) is 18.7 Å². The number of aromatic nitrogens is 6. The molecule has 192 valence electrons. The number of fused-ring (bicyclic) bond motifs is 2. The van der Waals surface area contributed by atoms with E-state index in [4.69, 9.17) is 9.97 Å². The highest BCUT2D eigenvalue weighted by atomic mass is 32.1. The van der Waals surface area contributed by atoms with E-state index >= 15 is 0 Å². The number of likely N-dealkylation sites (tertiary alicyclic amines) is 1.